The van der Waals surface area contributed by atoms with E-state index in [0.717, 1.165) is 28.8 Å². The van der Waals surface area contributed by atoms with Gasteiger partial charge in [-0.3, -0.25) is 16.3 Å². The fourth-order valence-corrected chi connectivity index (χ4v) is 7.28. The molecule has 3 nitrogen and oxygen atoms in total. The van der Waals surface area contributed by atoms with E-state index in [1.54, 1.807) is 23.5 Å². The zero-order valence-corrected chi connectivity index (χ0v) is 32.8. The number of fused-ring (bicyclic) bond motifs is 2. The number of imidazole rings is 1. The molecule has 0 aliphatic carbocycles. The van der Waals surface area contributed by atoms with Crippen LogP contribution in [-0.2, 0) is 26.5 Å². The summed E-state index contributed by atoms with van der Waals surface area (Å²) in [6, 6.07) is 43.2. The van der Waals surface area contributed by atoms with E-state index in [9.17, 15) is 0 Å². The molecule has 0 fully saturated rings. The topological polar surface area (TPSA) is 30.7 Å². The van der Waals surface area contributed by atoms with Crippen LogP contribution in [0.3, 0.4) is 0 Å². The maximum absolute atomic E-state index is 7.28. The molecule has 8 rings (SSSR count). The van der Waals surface area contributed by atoms with Gasteiger partial charge in [-0.1, -0.05) is 141 Å². The van der Waals surface area contributed by atoms with Gasteiger partial charge in [-0.15, -0.1) is 46.8 Å². The standard InChI is InChI=1S/C34H31N2S.C13H12N.Ir/c1-22(2)26-13-10-14-27(23(3)4)33(26)36-31-16-9-8-15-30(31)35-34(36)29-21-37-32-18-17-25(20-28(29)32)19-24-11-6-5-7-12-24;1-10-3-6-12(7-4-10)13-8-5-11(2)9-14-13;/h5-18,20,22-23H,19H2,1-4H3;3-6,8-9H,1-2H3;/q2*-1;/i;1D3,2D3;. The minimum atomic E-state index is -2.18. The monoisotopic (exact) mass is 880 g/mol. The molecule has 0 aliphatic rings. The third-order valence-electron chi connectivity index (χ3n) is 9.03. The van der Waals surface area contributed by atoms with Gasteiger partial charge in [-0.05, 0) is 65.2 Å². The zero-order valence-electron chi connectivity index (χ0n) is 35.6. The first-order valence-electron chi connectivity index (χ1n) is 20.3. The van der Waals surface area contributed by atoms with Crippen molar-refractivity contribution < 1.29 is 28.3 Å². The minimum Gasteiger partial charge on any atom is -0.333 e. The molecule has 0 amide bonds. The summed E-state index contributed by atoms with van der Waals surface area (Å²) in [5.74, 6) is 1.76. The quantitative estimate of drug-likeness (QED) is 0.149. The van der Waals surface area contributed by atoms with Crippen LogP contribution in [0.25, 0.3) is 49.5 Å². The van der Waals surface area contributed by atoms with E-state index in [4.69, 9.17) is 13.2 Å². The maximum atomic E-state index is 7.28. The Balaban J connectivity index is 0.000000230. The van der Waals surface area contributed by atoms with Gasteiger partial charge < -0.3 is 9.55 Å². The Morgan fingerprint density at radius 2 is 1.48 bits per heavy atom. The van der Waals surface area contributed by atoms with Crippen LogP contribution in [0.15, 0.2) is 128 Å². The fourth-order valence-electron chi connectivity index (χ4n) is 6.46. The molecular formula is C47H43IrN3S-2. The Morgan fingerprint density at radius 3 is 2.15 bits per heavy atom. The van der Waals surface area contributed by atoms with Crippen LogP contribution < -0.4 is 0 Å². The van der Waals surface area contributed by atoms with Crippen molar-refractivity contribution in [3.8, 4) is 28.3 Å². The first kappa shape index (κ1) is 29.9. The van der Waals surface area contributed by atoms with Crippen molar-refractivity contribution >= 4 is 32.5 Å². The van der Waals surface area contributed by atoms with Crippen LogP contribution in [-0.4, -0.2) is 14.5 Å². The van der Waals surface area contributed by atoms with Crippen molar-refractivity contribution in [2.24, 2.45) is 0 Å². The summed E-state index contributed by atoms with van der Waals surface area (Å²) in [5, 5.41) is 4.87. The Hall–Kier alpha value is -4.67. The van der Waals surface area contributed by atoms with Gasteiger partial charge >= 0.3 is 0 Å². The number of thiophene rings is 1. The molecule has 5 heteroatoms. The maximum Gasteiger partial charge on any atom is 0.0774 e. The first-order chi connectivity index (χ1) is 27.2. The number of aryl methyl sites for hydroxylation is 2. The fraction of sp³-hybridized carbons (Fsp3) is 0.191. The number of para-hydroxylation sites is 3. The number of nitrogens with zero attached hydrogens (tertiary/aromatic N) is 3. The van der Waals surface area contributed by atoms with Crippen molar-refractivity contribution in [3.05, 3.63) is 172 Å². The molecule has 0 bridgehead atoms. The molecule has 0 atom stereocenters. The summed E-state index contributed by atoms with van der Waals surface area (Å²) < 4.78 is 47.3. The average molecular weight is 880 g/mol. The number of rotatable bonds is 7. The van der Waals surface area contributed by atoms with E-state index < -0.39 is 13.7 Å². The van der Waals surface area contributed by atoms with Crippen molar-refractivity contribution in [1.82, 2.24) is 14.5 Å². The normalized spacial score (nSPS) is 13.3. The second-order valence-corrected chi connectivity index (χ2v) is 14.2. The third kappa shape index (κ3) is 7.88. The molecular weight excluding hydrogens is 831 g/mol. The van der Waals surface area contributed by atoms with Gasteiger partial charge in [0, 0.05) is 40.2 Å². The van der Waals surface area contributed by atoms with Crippen molar-refractivity contribution in [1.29, 1.82) is 0 Å². The van der Waals surface area contributed by atoms with E-state index in [-0.39, 0.29) is 31.2 Å². The molecule has 0 unspecified atom stereocenters. The molecule has 52 heavy (non-hydrogen) atoms. The summed E-state index contributed by atoms with van der Waals surface area (Å²) in [4.78, 5) is 9.31. The van der Waals surface area contributed by atoms with Crippen LogP contribution in [0.2, 0.25) is 0 Å². The molecule has 1 radical (unpaired) electrons. The number of benzene rings is 5. The largest absolute Gasteiger partial charge is 0.333 e. The first-order valence-corrected chi connectivity index (χ1v) is 18.1. The third-order valence-corrected chi connectivity index (χ3v) is 9.91. The van der Waals surface area contributed by atoms with E-state index in [1.165, 1.54) is 62.4 Å². The minimum absolute atomic E-state index is 0. The Morgan fingerprint density at radius 1 is 0.750 bits per heavy atom. The van der Waals surface area contributed by atoms with Gasteiger partial charge in [0.05, 0.1) is 16.9 Å². The Labute approximate surface area is 334 Å². The van der Waals surface area contributed by atoms with Crippen molar-refractivity contribution in [3.63, 3.8) is 0 Å². The van der Waals surface area contributed by atoms with E-state index in [2.05, 4.69) is 140 Å². The van der Waals surface area contributed by atoms with Crippen LogP contribution in [0.4, 0.5) is 0 Å². The molecule has 5 aromatic carbocycles. The van der Waals surface area contributed by atoms with Gasteiger partial charge in [0.1, 0.15) is 0 Å². The molecule has 0 aliphatic heterocycles. The van der Waals surface area contributed by atoms with Crippen molar-refractivity contribution in [2.45, 2.75) is 59.7 Å². The van der Waals surface area contributed by atoms with Gasteiger partial charge in [0.25, 0.3) is 0 Å². The summed E-state index contributed by atoms with van der Waals surface area (Å²) in [6.45, 7) is 4.79. The Bertz CT molecular complexity index is 2540. The van der Waals surface area contributed by atoms with Gasteiger partial charge in [-0.2, -0.15) is 0 Å². The van der Waals surface area contributed by atoms with Crippen molar-refractivity contribution in [2.75, 3.05) is 0 Å². The summed E-state index contributed by atoms with van der Waals surface area (Å²) in [5.41, 5.74) is 11.4. The molecule has 8 aromatic rings. The van der Waals surface area contributed by atoms with Crippen LogP contribution in [0.1, 0.15) is 81.1 Å². The number of hydrogen-bond donors (Lipinski definition) is 0. The molecule has 0 N–H and O–H groups in total. The smallest absolute Gasteiger partial charge is 0.0774 e. The average Bonchev–Trinajstić information content (AvgIpc) is 3.79. The SMILES string of the molecule is CC(C)c1cccc(C(C)C)c1-n1c(-c2[c-]sc3ccc(Cc4ccccc4)cc23)nc2ccccc21.[2H]C([2H])([2H])c1c[c-]c(-c2ccc(C([2H])([2H])[2H])cn2)cc1.[Ir]. The van der Waals surface area contributed by atoms with E-state index >= 15 is 0 Å². The second-order valence-electron chi connectivity index (χ2n) is 13.3. The Kier molecular flexibility index (Phi) is 9.38. The summed E-state index contributed by atoms with van der Waals surface area (Å²) >= 11 is 1.68. The van der Waals surface area contributed by atoms with Gasteiger partial charge in [0.2, 0.25) is 0 Å². The van der Waals surface area contributed by atoms with Gasteiger partial charge in [0.15, 0.2) is 0 Å². The number of aromatic nitrogens is 3. The van der Waals surface area contributed by atoms with Gasteiger partial charge in [-0.25, -0.2) is 0 Å². The summed E-state index contributed by atoms with van der Waals surface area (Å²) in [6.07, 6.45) is 2.21. The molecule has 0 spiro atoms. The zero-order chi connectivity index (χ0) is 40.5. The second kappa shape index (κ2) is 16.3. The molecule has 3 heterocycles. The molecule has 0 saturated heterocycles. The van der Waals surface area contributed by atoms with Crippen LogP contribution in [0, 0.1) is 25.2 Å². The molecule has 263 valence electrons. The summed E-state index contributed by atoms with van der Waals surface area (Å²) in [7, 11) is 0. The van der Waals surface area contributed by atoms with Crippen LogP contribution in [0.5, 0.6) is 0 Å². The van der Waals surface area contributed by atoms with Crippen LogP contribution >= 0.6 is 11.3 Å². The molecule has 0 saturated carbocycles. The number of pyridine rings is 1. The number of hydrogen-bond acceptors (Lipinski definition) is 3. The predicted octanol–water partition coefficient (Wildman–Crippen LogP) is 12.7. The van der Waals surface area contributed by atoms with E-state index in [0.29, 0.717) is 23.1 Å². The van der Waals surface area contributed by atoms with E-state index in [1.807, 2.05) is 0 Å². The molecule has 3 aromatic heterocycles. The predicted molar refractivity (Wildman–Crippen MR) is 216 cm³/mol.